The first-order valence-electron chi connectivity index (χ1n) is 8.98. The highest BCUT2D eigenvalue weighted by molar-refractivity contribution is 7.46. The van der Waals surface area contributed by atoms with Crippen LogP contribution in [0.4, 0.5) is 0 Å². The van der Waals surface area contributed by atoms with Gasteiger partial charge in [-0.1, -0.05) is 45.8 Å². The predicted molar refractivity (Wildman–Crippen MR) is 73.2 cm³/mol. The van der Waals surface area contributed by atoms with Gasteiger partial charge in [0.2, 0.25) is 0 Å². The number of para-hydroxylation sites is 1. The Hall–Kier alpha value is -0.870. The molecule has 0 amide bonds. The molecule has 0 bridgehead atoms. The number of ether oxygens (including phenoxy) is 1. The van der Waals surface area contributed by atoms with Crippen molar-refractivity contribution < 1.29 is 33.2 Å². The fourth-order valence-corrected chi connectivity index (χ4v) is 1.71. The van der Waals surface area contributed by atoms with Crippen molar-refractivity contribution >= 4 is 7.82 Å². The van der Waals surface area contributed by atoms with E-state index < -0.39 is 39.8 Å². The normalized spacial score (nSPS) is 19.5. The molecule has 5 nitrogen and oxygen atoms in total. The minimum atomic E-state index is -4.86. The Balaban J connectivity index is 3.59. The average molecular weight is 295 g/mol. The maximum Gasteiger partial charge on any atom is 0.472 e. The van der Waals surface area contributed by atoms with Crippen LogP contribution in [-0.4, -0.2) is 16.6 Å². The third-order valence-electron chi connectivity index (χ3n) is 2.36. The standard InChI is InChI=1S/C13H21O5P/c1-9(2)11-6-5-7-12(10(3)4)13(11)17-8-18-19(14,15)16/h5-7,9-10H,8H2,1-4H3,(H2,14,15,16)/i1D3,2D3,9D. The summed E-state index contributed by atoms with van der Waals surface area (Å²) in [6.45, 7) is -3.94. The summed E-state index contributed by atoms with van der Waals surface area (Å²) in [5.74, 6) is -3.52. The molecular weight excluding hydrogens is 267 g/mol. The Labute approximate surface area is 123 Å². The second kappa shape index (κ2) is 6.53. The van der Waals surface area contributed by atoms with E-state index in [1.54, 1.807) is 19.9 Å². The highest BCUT2D eigenvalue weighted by atomic mass is 31.2. The van der Waals surface area contributed by atoms with Crippen LogP contribution < -0.4 is 4.74 Å². The minimum Gasteiger partial charge on any atom is -0.466 e. The maximum absolute atomic E-state index is 10.8. The van der Waals surface area contributed by atoms with Gasteiger partial charge in [-0.2, -0.15) is 0 Å². The van der Waals surface area contributed by atoms with Crippen molar-refractivity contribution in [2.75, 3.05) is 6.79 Å². The van der Waals surface area contributed by atoms with Crippen LogP contribution >= 0.6 is 7.82 Å². The lowest BCUT2D eigenvalue weighted by Crippen LogP contribution is -2.07. The van der Waals surface area contributed by atoms with E-state index in [0.717, 1.165) is 6.07 Å². The first-order valence-corrected chi connectivity index (χ1v) is 7.01. The van der Waals surface area contributed by atoms with Gasteiger partial charge in [-0.3, -0.25) is 0 Å². The van der Waals surface area contributed by atoms with Gasteiger partial charge in [0.05, 0.1) is 0 Å². The van der Waals surface area contributed by atoms with Crippen molar-refractivity contribution in [2.24, 2.45) is 0 Å². The van der Waals surface area contributed by atoms with Crippen LogP contribution in [0.3, 0.4) is 0 Å². The average Bonchev–Trinajstić information content (AvgIpc) is 2.42. The lowest BCUT2D eigenvalue weighted by Gasteiger charge is -2.19. The van der Waals surface area contributed by atoms with Crippen molar-refractivity contribution in [1.82, 2.24) is 0 Å². The first kappa shape index (κ1) is 8.42. The molecule has 0 radical (unpaired) electrons. The third kappa shape index (κ3) is 4.96. The number of hydrogen-bond donors (Lipinski definition) is 2. The summed E-state index contributed by atoms with van der Waals surface area (Å²) < 4.78 is 74.2. The molecule has 0 heterocycles. The molecule has 0 spiro atoms. The molecule has 6 heteroatoms. The summed E-state index contributed by atoms with van der Waals surface area (Å²) in [4.78, 5) is 17.5. The van der Waals surface area contributed by atoms with Crippen molar-refractivity contribution in [1.29, 1.82) is 0 Å². The zero-order chi connectivity index (χ0) is 20.6. The summed E-state index contributed by atoms with van der Waals surface area (Å²) in [6, 6.07) is 4.09. The molecule has 1 aromatic carbocycles. The Morgan fingerprint density at radius 3 is 2.53 bits per heavy atom. The molecule has 19 heavy (non-hydrogen) atoms. The van der Waals surface area contributed by atoms with Gasteiger partial charge < -0.3 is 14.5 Å². The maximum atomic E-state index is 10.8. The fraction of sp³-hybridized carbons (Fsp3) is 0.538. The van der Waals surface area contributed by atoms with Crippen LogP contribution in [0.1, 0.15) is 60.1 Å². The summed E-state index contributed by atoms with van der Waals surface area (Å²) in [5.41, 5.74) is -0.0556. The zero-order valence-corrected chi connectivity index (χ0v) is 11.5. The van der Waals surface area contributed by atoms with Gasteiger partial charge in [0.1, 0.15) is 5.75 Å². The molecule has 0 fully saturated rings. The highest BCUT2D eigenvalue weighted by Gasteiger charge is 2.18. The summed E-state index contributed by atoms with van der Waals surface area (Å²) in [5, 5.41) is 0. The molecular formula is C13H21O5P. The van der Waals surface area contributed by atoms with Crippen LogP contribution in [0.5, 0.6) is 5.75 Å². The van der Waals surface area contributed by atoms with E-state index in [9.17, 15) is 4.57 Å². The van der Waals surface area contributed by atoms with Gasteiger partial charge >= 0.3 is 7.82 Å². The van der Waals surface area contributed by atoms with E-state index in [0.29, 0.717) is 5.56 Å². The van der Waals surface area contributed by atoms with E-state index in [4.69, 9.17) is 24.1 Å². The van der Waals surface area contributed by atoms with Crippen molar-refractivity contribution in [3.63, 3.8) is 0 Å². The number of phosphoric acid groups is 1. The van der Waals surface area contributed by atoms with Gasteiger partial charge in [0, 0.05) is 9.60 Å². The van der Waals surface area contributed by atoms with Crippen LogP contribution in [0.25, 0.3) is 0 Å². The molecule has 1 rings (SSSR count). The fourth-order valence-electron chi connectivity index (χ4n) is 1.52. The number of benzene rings is 1. The molecule has 0 saturated carbocycles. The Kier molecular flexibility index (Phi) is 2.89. The van der Waals surface area contributed by atoms with Gasteiger partial charge in [0.15, 0.2) is 6.79 Å². The molecule has 0 atom stereocenters. The van der Waals surface area contributed by atoms with Crippen LogP contribution in [0.2, 0.25) is 0 Å². The monoisotopic (exact) mass is 295 g/mol. The van der Waals surface area contributed by atoms with E-state index in [-0.39, 0.29) is 11.7 Å². The summed E-state index contributed by atoms with van der Waals surface area (Å²) in [7, 11) is -4.86. The predicted octanol–water partition coefficient (Wildman–Crippen LogP) is 3.38. The smallest absolute Gasteiger partial charge is 0.466 e. The van der Waals surface area contributed by atoms with Gasteiger partial charge in [0.25, 0.3) is 0 Å². The molecule has 0 aliphatic heterocycles. The van der Waals surface area contributed by atoms with E-state index in [1.165, 1.54) is 6.07 Å². The van der Waals surface area contributed by atoms with Gasteiger partial charge in [-0.05, 0) is 22.9 Å². The molecule has 0 aliphatic carbocycles. The minimum absolute atomic E-state index is 0.252. The molecule has 2 N–H and O–H groups in total. The van der Waals surface area contributed by atoms with E-state index in [2.05, 4.69) is 4.52 Å². The van der Waals surface area contributed by atoms with Crippen molar-refractivity contribution in [3.05, 3.63) is 29.3 Å². The molecule has 0 aromatic heterocycles. The molecule has 0 aliphatic rings. The quantitative estimate of drug-likeness (QED) is 0.621. The number of phosphoric ester groups is 1. The Bertz CT molecular complexity index is 666. The van der Waals surface area contributed by atoms with Crippen LogP contribution in [-0.2, 0) is 9.09 Å². The van der Waals surface area contributed by atoms with E-state index >= 15 is 0 Å². The molecule has 1 aromatic rings. The van der Waals surface area contributed by atoms with E-state index in [1.807, 2.05) is 0 Å². The Morgan fingerprint density at radius 2 is 2.00 bits per heavy atom. The SMILES string of the molecule is [2H]C([2H])([2H])C([2H])(c1cccc(C(C)C)c1OCOP(=O)(O)O)C([2H])([2H])[2H]. The number of hydrogen-bond acceptors (Lipinski definition) is 3. The van der Waals surface area contributed by atoms with Crippen LogP contribution in [0, 0.1) is 0 Å². The number of rotatable bonds is 6. The highest BCUT2D eigenvalue weighted by Crippen LogP contribution is 2.38. The lowest BCUT2D eigenvalue weighted by atomic mass is 9.94. The second-order valence-corrected chi connectivity index (χ2v) is 5.37. The van der Waals surface area contributed by atoms with Gasteiger partial charge in [-0.15, -0.1) is 0 Å². The topological polar surface area (TPSA) is 76.0 Å². The molecule has 0 saturated heterocycles. The van der Waals surface area contributed by atoms with Crippen LogP contribution in [0.15, 0.2) is 18.2 Å². The lowest BCUT2D eigenvalue weighted by molar-refractivity contribution is 0.0811. The molecule has 0 unspecified atom stereocenters. The van der Waals surface area contributed by atoms with Crippen molar-refractivity contribution in [2.45, 2.75) is 39.4 Å². The third-order valence-corrected chi connectivity index (χ3v) is 2.80. The zero-order valence-electron chi connectivity index (χ0n) is 17.6. The van der Waals surface area contributed by atoms with Crippen molar-refractivity contribution in [3.8, 4) is 5.75 Å². The summed E-state index contributed by atoms with van der Waals surface area (Å²) in [6.07, 6.45) is 0. The summed E-state index contributed by atoms with van der Waals surface area (Å²) >= 11 is 0. The van der Waals surface area contributed by atoms with Gasteiger partial charge in [-0.25, -0.2) is 9.09 Å². The largest absolute Gasteiger partial charge is 0.472 e. The first-order chi connectivity index (χ1) is 11.5. The second-order valence-electron chi connectivity index (χ2n) is 4.14. The Morgan fingerprint density at radius 1 is 1.37 bits per heavy atom. The molecule has 108 valence electrons.